The highest BCUT2D eigenvalue weighted by atomic mass is 16.5. The first-order chi connectivity index (χ1) is 7.95. The largest absolute Gasteiger partial charge is 0.377 e. The van der Waals surface area contributed by atoms with E-state index in [0.29, 0.717) is 6.61 Å². The fourth-order valence-corrected chi connectivity index (χ4v) is 2.09. The summed E-state index contributed by atoms with van der Waals surface area (Å²) < 4.78 is 5.67. The van der Waals surface area contributed by atoms with Crippen molar-refractivity contribution in [3.05, 3.63) is 30.1 Å². The van der Waals surface area contributed by atoms with E-state index >= 15 is 0 Å². The molecule has 1 aromatic rings. The Balaban J connectivity index is 1.58. The van der Waals surface area contributed by atoms with Crippen LogP contribution < -0.4 is 5.32 Å². The number of ether oxygens (including phenoxy) is 1. The van der Waals surface area contributed by atoms with E-state index in [1.807, 2.05) is 24.5 Å². The Hall–Kier alpha value is -0.930. The zero-order valence-electron chi connectivity index (χ0n) is 9.69. The highest BCUT2D eigenvalue weighted by Gasteiger charge is 2.12. The fourth-order valence-electron chi connectivity index (χ4n) is 2.09. The number of rotatable bonds is 5. The van der Waals surface area contributed by atoms with Crippen molar-refractivity contribution in [1.82, 2.24) is 10.3 Å². The quantitative estimate of drug-likeness (QED) is 0.771. The first-order valence-electron chi connectivity index (χ1n) is 6.12. The van der Waals surface area contributed by atoms with Gasteiger partial charge in [0.05, 0.1) is 6.61 Å². The summed E-state index contributed by atoms with van der Waals surface area (Å²) in [5.41, 5.74) is 1.21. The van der Waals surface area contributed by atoms with Gasteiger partial charge in [-0.15, -0.1) is 0 Å². The Bertz CT molecular complexity index is 283. The smallest absolute Gasteiger partial charge is 0.0717 e. The lowest BCUT2D eigenvalue weighted by Crippen LogP contribution is -2.28. The number of nitrogens with one attached hydrogen (secondary N) is 1. The van der Waals surface area contributed by atoms with Gasteiger partial charge in [-0.1, -0.05) is 0 Å². The molecule has 0 radical (unpaired) electrons. The second-order valence-electron chi connectivity index (χ2n) is 4.39. The Kier molecular flexibility index (Phi) is 4.77. The molecule has 0 aromatic carbocycles. The molecule has 88 valence electrons. The van der Waals surface area contributed by atoms with E-state index in [2.05, 4.69) is 10.3 Å². The van der Waals surface area contributed by atoms with Gasteiger partial charge in [0, 0.05) is 19.0 Å². The topological polar surface area (TPSA) is 34.1 Å². The molecule has 16 heavy (non-hydrogen) atoms. The molecule has 0 saturated carbocycles. The molecular weight excluding hydrogens is 200 g/mol. The van der Waals surface area contributed by atoms with Crippen molar-refractivity contribution in [3.63, 3.8) is 0 Å². The van der Waals surface area contributed by atoms with E-state index in [4.69, 9.17) is 4.74 Å². The predicted molar refractivity (Wildman–Crippen MR) is 64.1 cm³/mol. The zero-order chi connectivity index (χ0) is 11.1. The van der Waals surface area contributed by atoms with Gasteiger partial charge in [-0.3, -0.25) is 4.98 Å². The second kappa shape index (κ2) is 6.61. The maximum Gasteiger partial charge on any atom is 0.0717 e. The van der Waals surface area contributed by atoms with Crippen molar-refractivity contribution in [2.75, 3.05) is 19.7 Å². The first kappa shape index (κ1) is 11.6. The van der Waals surface area contributed by atoms with Crippen LogP contribution in [0, 0.1) is 5.92 Å². The molecule has 1 aromatic heterocycles. The van der Waals surface area contributed by atoms with Crippen molar-refractivity contribution < 1.29 is 4.74 Å². The van der Waals surface area contributed by atoms with Crippen LogP contribution >= 0.6 is 0 Å². The minimum Gasteiger partial charge on any atom is -0.377 e. The van der Waals surface area contributed by atoms with Crippen LogP contribution in [0.5, 0.6) is 0 Å². The van der Waals surface area contributed by atoms with Gasteiger partial charge in [-0.2, -0.15) is 0 Å². The van der Waals surface area contributed by atoms with Crippen molar-refractivity contribution in [2.45, 2.75) is 25.9 Å². The highest BCUT2D eigenvalue weighted by molar-refractivity contribution is 5.07. The second-order valence-corrected chi connectivity index (χ2v) is 4.39. The molecule has 0 bridgehead atoms. The molecule has 1 N–H and O–H groups in total. The van der Waals surface area contributed by atoms with Crippen LogP contribution in [0.3, 0.4) is 0 Å². The van der Waals surface area contributed by atoms with Crippen LogP contribution in [-0.4, -0.2) is 24.7 Å². The highest BCUT2D eigenvalue weighted by Crippen LogP contribution is 2.15. The molecular formula is C13H20N2O. The molecule has 2 rings (SSSR count). The Labute approximate surface area is 97.2 Å². The number of hydrogen-bond donors (Lipinski definition) is 1. The summed E-state index contributed by atoms with van der Waals surface area (Å²) >= 11 is 0. The summed E-state index contributed by atoms with van der Waals surface area (Å²) in [7, 11) is 0. The van der Waals surface area contributed by atoms with E-state index in [1.165, 1.54) is 37.9 Å². The molecule has 0 atom stereocenters. The summed E-state index contributed by atoms with van der Waals surface area (Å²) in [5.74, 6) is 0.860. The fraction of sp³-hybridized carbons (Fsp3) is 0.615. The van der Waals surface area contributed by atoms with Crippen LogP contribution in [0.15, 0.2) is 24.5 Å². The minimum atomic E-state index is 0.716. The number of pyridine rings is 1. The van der Waals surface area contributed by atoms with Crippen LogP contribution in [0.4, 0.5) is 0 Å². The van der Waals surface area contributed by atoms with Gasteiger partial charge in [0.15, 0.2) is 0 Å². The van der Waals surface area contributed by atoms with E-state index in [0.717, 1.165) is 12.5 Å². The lowest BCUT2D eigenvalue weighted by Gasteiger charge is -2.22. The Morgan fingerprint density at radius 3 is 2.75 bits per heavy atom. The van der Waals surface area contributed by atoms with Gasteiger partial charge in [-0.05, 0) is 56.0 Å². The lowest BCUT2D eigenvalue weighted by atomic mass is 9.95. The van der Waals surface area contributed by atoms with Crippen molar-refractivity contribution >= 4 is 0 Å². The summed E-state index contributed by atoms with van der Waals surface area (Å²) in [6, 6.07) is 4.01. The van der Waals surface area contributed by atoms with E-state index in [1.54, 1.807) is 0 Å². The van der Waals surface area contributed by atoms with Gasteiger partial charge in [0.1, 0.15) is 0 Å². The van der Waals surface area contributed by atoms with Crippen LogP contribution in [-0.2, 0) is 11.3 Å². The molecule has 3 heteroatoms. The molecule has 1 aliphatic heterocycles. The van der Waals surface area contributed by atoms with Gasteiger partial charge in [-0.25, -0.2) is 0 Å². The van der Waals surface area contributed by atoms with E-state index in [-0.39, 0.29) is 0 Å². The van der Waals surface area contributed by atoms with Crippen molar-refractivity contribution in [2.24, 2.45) is 5.92 Å². The summed E-state index contributed by atoms with van der Waals surface area (Å²) in [4.78, 5) is 3.98. The normalized spacial score (nSPS) is 17.5. The number of piperidine rings is 1. The summed E-state index contributed by atoms with van der Waals surface area (Å²) in [6.45, 7) is 3.95. The molecule has 3 nitrogen and oxygen atoms in total. The van der Waals surface area contributed by atoms with Crippen molar-refractivity contribution in [3.8, 4) is 0 Å². The Morgan fingerprint density at radius 2 is 2.00 bits per heavy atom. The number of nitrogens with zero attached hydrogens (tertiary/aromatic N) is 1. The average Bonchev–Trinajstić information content (AvgIpc) is 2.37. The first-order valence-corrected chi connectivity index (χ1v) is 6.12. The van der Waals surface area contributed by atoms with Gasteiger partial charge < -0.3 is 10.1 Å². The van der Waals surface area contributed by atoms with Gasteiger partial charge >= 0.3 is 0 Å². The van der Waals surface area contributed by atoms with Crippen LogP contribution in [0.25, 0.3) is 0 Å². The Morgan fingerprint density at radius 1 is 1.25 bits per heavy atom. The maximum atomic E-state index is 5.67. The molecule has 0 aliphatic carbocycles. The molecule has 0 spiro atoms. The van der Waals surface area contributed by atoms with E-state index in [9.17, 15) is 0 Å². The average molecular weight is 220 g/mol. The van der Waals surface area contributed by atoms with Gasteiger partial charge in [0.2, 0.25) is 0 Å². The SMILES string of the molecule is c1cc(COCCC2CCNCC2)ccn1. The standard InChI is InChI=1S/C13H20N2O/c1-6-14-7-2-12(1)5-10-16-11-13-3-8-15-9-4-13/h3-4,8-9,12,14H,1-2,5-7,10-11H2. The third kappa shape index (κ3) is 3.91. The summed E-state index contributed by atoms with van der Waals surface area (Å²) in [5, 5.41) is 3.38. The van der Waals surface area contributed by atoms with Crippen LogP contribution in [0.1, 0.15) is 24.8 Å². The van der Waals surface area contributed by atoms with Crippen molar-refractivity contribution in [1.29, 1.82) is 0 Å². The van der Waals surface area contributed by atoms with Crippen LogP contribution in [0.2, 0.25) is 0 Å². The zero-order valence-corrected chi connectivity index (χ0v) is 9.69. The summed E-state index contributed by atoms with van der Waals surface area (Å²) in [6.07, 6.45) is 7.43. The third-order valence-corrected chi connectivity index (χ3v) is 3.15. The lowest BCUT2D eigenvalue weighted by molar-refractivity contribution is 0.103. The third-order valence-electron chi connectivity index (χ3n) is 3.15. The molecule has 2 heterocycles. The number of hydrogen-bond acceptors (Lipinski definition) is 3. The molecule has 1 aliphatic rings. The monoisotopic (exact) mass is 220 g/mol. The molecule has 0 unspecified atom stereocenters. The molecule has 1 fully saturated rings. The minimum absolute atomic E-state index is 0.716. The maximum absolute atomic E-state index is 5.67. The molecule has 1 saturated heterocycles. The number of aromatic nitrogens is 1. The van der Waals surface area contributed by atoms with Gasteiger partial charge in [0.25, 0.3) is 0 Å². The molecule has 0 amide bonds. The van der Waals surface area contributed by atoms with E-state index < -0.39 is 0 Å². The predicted octanol–water partition coefficient (Wildman–Crippen LogP) is 1.99.